The van der Waals surface area contributed by atoms with Crippen LogP contribution in [0.15, 0.2) is 30.3 Å². The molecular weight excluding hydrogens is 197 g/mol. The first kappa shape index (κ1) is 11.0. The maximum Gasteiger partial charge on any atom is 0.245 e. The van der Waals surface area contributed by atoms with E-state index in [1.54, 1.807) is 31.2 Å². The lowest BCUT2D eigenvalue weighted by Gasteiger charge is -2.14. The normalized spacial score (nSPS) is 14.3. The molecule has 0 aromatic heterocycles. The summed E-state index contributed by atoms with van der Waals surface area (Å²) in [6, 6.07) is 10.8. The fraction of sp³-hybridized carbons (Fsp3) is 0.300. The molecule has 14 heavy (non-hydrogen) atoms. The molecule has 3 nitrogen and oxygen atoms in total. The largest absolute Gasteiger partial charge is 0.325 e. The van der Waals surface area contributed by atoms with Gasteiger partial charge in [-0.2, -0.15) is 5.26 Å². The molecule has 0 aliphatic heterocycles. The lowest BCUT2D eigenvalue weighted by Crippen LogP contribution is -2.09. The molecule has 0 radical (unpaired) electrons. The lowest BCUT2D eigenvalue weighted by atomic mass is 10.4. The molecule has 0 aliphatic carbocycles. The summed E-state index contributed by atoms with van der Waals surface area (Å²) in [7, 11) is -2.93. The van der Waals surface area contributed by atoms with E-state index in [1.165, 1.54) is 0 Å². The molecule has 0 amide bonds. The van der Waals surface area contributed by atoms with Gasteiger partial charge in [-0.3, -0.25) is 4.57 Å². The van der Waals surface area contributed by atoms with Gasteiger partial charge in [0.05, 0.1) is 12.7 Å². The van der Waals surface area contributed by atoms with E-state index >= 15 is 0 Å². The third-order valence-electron chi connectivity index (χ3n) is 1.77. The van der Waals surface area contributed by atoms with Crippen LogP contribution in [-0.4, -0.2) is 12.8 Å². The Hall–Kier alpha value is -1.10. The molecule has 0 saturated heterocycles. The SMILES string of the molecule is CCO[P@](=O)(CC#N)c1ccccc1. The van der Waals surface area contributed by atoms with Gasteiger partial charge in [0.2, 0.25) is 7.37 Å². The summed E-state index contributed by atoms with van der Waals surface area (Å²) in [5.41, 5.74) is 0. The summed E-state index contributed by atoms with van der Waals surface area (Å²) < 4.78 is 17.4. The standard InChI is InChI=1S/C10H12NO2P/c1-2-13-14(12,9-8-11)10-6-4-3-5-7-10/h3-7H,2,9H2,1H3/t14-/m1/s1. The van der Waals surface area contributed by atoms with E-state index < -0.39 is 7.37 Å². The fourth-order valence-electron chi connectivity index (χ4n) is 1.17. The van der Waals surface area contributed by atoms with Crippen LogP contribution in [0.1, 0.15) is 6.92 Å². The monoisotopic (exact) mass is 209 g/mol. The molecule has 0 spiro atoms. The Morgan fingerprint density at radius 2 is 2.07 bits per heavy atom. The van der Waals surface area contributed by atoms with Crippen molar-refractivity contribution in [2.45, 2.75) is 6.92 Å². The molecule has 1 aromatic carbocycles. The molecule has 0 bridgehead atoms. The van der Waals surface area contributed by atoms with Crippen LogP contribution in [-0.2, 0) is 9.09 Å². The van der Waals surface area contributed by atoms with Crippen molar-refractivity contribution in [3.63, 3.8) is 0 Å². The van der Waals surface area contributed by atoms with Gasteiger partial charge < -0.3 is 4.52 Å². The lowest BCUT2D eigenvalue weighted by molar-refractivity contribution is 0.343. The van der Waals surface area contributed by atoms with Crippen LogP contribution < -0.4 is 5.30 Å². The minimum Gasteiger partial charge on any atom is -0.325 e. The summed E-state index contributed by atoms with van der Waals surface area (Å²) >= 11 is 0. The smallest absolute Gasteiger partial charge is 0.245 e. The number of rotatable bonds is 4. The highest BCUT2D eigenvalue weighted by atomic mass is 31.2. The van der Waals surface area contributed by atoms with Gasteiger partial charge in [-0.15, -0.1) is 0 Å². The maximum atomic E-state index is 12.2. The van der Waals surface area contributed by atoms with E-state index in [4.69, 9.17) is 9.79 Å². The van der Waals surface area contributed by atoms with Crippen molar-refractivity contribution >= 4 is 12.7 Å². The molecule has 0 heterocycles. The van der Waals surface area contributed by atoms with E-state index in [9.17, 15) is 4.57 Å². The molecule has 1 rings (SSSR count). The third-order valence-corrected chi connectivity index (χ3v) is 4.08. The number of benzene rings is 1. The Bertz CT molecular complexity index is 369. The average molecular weight is 209 g/mol. The van der Waals surface area contributed by atoms with E-state index in [0.29, 0.717) is 11.9 Å². The highest BCUT2D eigenvalue weighted by molar-refractivity contribution is 7.67. The zero-order valence-corrected chi connectivity index (χ0v) is 8.91. The van der Waals surface area contributed by atoms with Crippen molar-refractivity contribution in [2.75, 3.05) is 12.8 Å². The first-order valence-corrected chi connectivity index (χ1v) is 6.20. The van der Waals surface area contributed by atoms with Crippen molar-refractivity contribution in [2.24, 2.45) is 0 Å². The van der Waals surface area contributed by atoms with Gasteiger partial charge in [0, 0.05) is 5.30 Å². The molecule has 0 N–H and O–H groups in total. The molecule has 0 aliphatic rings. The summed E-state index contributed by atoms with van der Waals surface area (Å²) in [6.45, 7) is 2.13. The minimum absolute atomic E-state index is 0.0646. The van der Waals surface area contributed by atoms with Crippen LogP contribution in [0.2, 0.25) is 0 Å². The summed E-state index contributed by atoms with van der Waals surface area (Å²) in [4.78, 5) is 0. The molecule has 0 unspecified atom stereocenters. The third kappa shape index (κ3) is 2.45. The highest BCUT2D eigenvalue weighted by Gasteiger charge is 2.24. The molecular formula is C10H12NO2P. The van der Waals surface area contributed by atoms with Crippen molar-refractivity contribution in [1.82, 2.24) is 0 Å². The Labute approximate surface area is 83.8 Å². The van der Waals surface area contributed by atoms with Crippen LogP contribution in [0.3, 0.4) is 0 Å². The zero-order chi connectivity index (χ0) is 10.4. The summed E-state index contributed by atoms with van der Waals surface area (Å²) in [5.74, 6) is 0. The van der Waals surface area contributed by atoms with Gasteiger partial charge in [0.1, 0.15) is 6.16 Å². The van der Waals surface area contributed by atoms with Crippen molar-refractivity contribution in [3.05, 3.63) is 30.3 Å². The number of hydrogen-bond donors (Lipinski definition) is 0. The average Bonchev–Trinajstić information content (AvgIpc) is 2.20. The molecule has 74 valence electrons. The Balaban J connectivity index is 3.01. The number of nitriles is 1. The van der Waals surface area contributed by atoms with Crippen LogP contribution in [0.5, 0.6) is 0 Å². The second-order valence-corrected chi connectivity index (χ2v) is 5.18. The second kappa shape index (κ2) is 4.95. The predicted molar refractivity (Wildman–Crippen MR) is 55.8 cm³/mol. The number of nitrogens with zero attached hydrogens (tertiary/aromatic N) is 1. The van der Waals surface area contributed by atoms with Gasteiger partial charge in [0.15, 0.2) is 0 Å². The van der Waals surface area contributed by atoms with Crippen LogP contribution in [0, 0.1) is 11.3 Å². The maximum absolute atomic E-state index is 12.2. The fourth-order valence-corrected chi connectivity index (χ4v) is 2.82. The van der Waals surface area contributed by atoms with Gasteiger partial charge >= 0.3 is 0 Å². The first-order chi connectivity index (χ1) is 6.73. The molecule has 1 atom stereocenters. The van der Waals surface area contributed by atoms with Gasteiger partial charge in [-0.05, 0) is 19.1 Å². The van der Waals surface area contributed by atoms with E-state index in [-0.39, 0.29) is 6.16 Å². The van der Waals surface area contributed by atoms with Crippen LogP contribution in [0.25, 0.3) is 0 Å². The summed E-state index contributed by atoms with van der Waals surface area (Å²) in [5, 5.41) is 9.20. The summed E-state index contributed by atoms with van der Waals surface area (Å²) in [6.07, 6.45) is -0.0646. The Kier molecular flexibility index (Phi) is 3.88. The Morgan fingerprint density at radius 3 is 2.57 bits per heavy atom. The van der Waals surface area contributed by atoms with Crippen LogP contribution in [0.4, 0.5) is 0 Å². The number of hydrogen-bond acceptors (Lipinski definition) is 3. The van der Waals surface area contributed by atoms with Gasteiger partial charge in [-0.1, -0.05) is 18.2 Å². The molecule has 0 fully saturated rings. The Morgan fingerprint density at radius 1 is 1.43 bits per heavy atom. The second-order valence-electron chi connectivity index (χ2n) is 2.74. The van der Waals surface area contributed by atoms with Crippen molar-refractivity contribution in [1.29, 1.82) is 5.26 Å². The molecule has 4 heteroatoms. The van der Waals surface area contributed by atoms with Crippen molar-refractivity contribution < 1.29 is 9.09 Å². The highest BCUT2D eigenvalue weighted by Crippen LogP contribution is 2.44. The van der Waals surface area contributed by atoms with Crippen molar-refractivity contribution in [3.8, 4) is 6.07 Å². The van der Waals surface area contributed by atoms with Crippen LogP contribution >= 0.6 is 7.37 Å². The van der Waals surface area contributed by atoms with E-state index in [2.05, 4.69) is 0 Å². The predicted octanol–water partition coefficient (Wildman–Crippen LogP) is 2.15. The topological polar surface area (TPSA) is 50.1 Å². The van der Waals surface area contributed by atoms with Gasteiger partial charge in [-0.25, -0.2) is 0 Å². The zero-order valence-electron chi connectivity index (χ0n) is 8.01. The van der Waals surface area contributed by atoms with Gasteiger partial charge in [0.25, 0.3) is 0 Å². The minimum atomic E-state index is -2.93. The molecule has 1 aromatic rings. The molecule has 0 saturated carbocycles. The van der Waals surface area contributed by atoms with E-state index in [0.717, 1.165) is 0 Å². The quantitative estimate of drug-likeness (QED) is 0.714. The first-order valence-electron chi connectivity index (χ1n) is 4.39. The van der Waals surface area contributed by atoms with E-state index in [1.807, 2.05) is 12.1 Å².